The molecule has 1 heterocycles. The van der Waals surface area contributed by atoms with Crippen molar-refractivity contribution in [1.82, 2.24) is 4.57 Å². The van der Waals surface area contributed by atoms with Crippen molar-refractivity contribution >= 4 is 5.78 Å². The maximum absolute atomic E-state index is 12.9. The summed E-state index contributed by atoms with van der Waals surface area (Å²) in [5.41, 5.74) is 3.39. The van der Waals surface area contributed by atoms with Gasteiger partial charge in [-0.3, -0.25) is 4.79 Å². The molecule has 1 aromatic heterocycles. The first kappa shape index (κ1) is 30.7. The molecule has 234 valence electrons. The minimum atomic E-state index is 0.131. The molecule has 4 aliphatic rings. The number of ketones is 1. The van der Waals surface area contributed by atoms with Crippen LogP contribution in [0.5, 0.6) is 5.75 Å². The second-order valence-electron chi connectivity index (χ2n) is 15.9. The fourth-order valence-electron chi connectivity index (χ4n) is 10.7. The van der Waals surface area contributed by atoms with Crippen molar-refractivity contribution in [2.75, 3.05) is 7.11 Å². The van der Waals surface area contributed by atoms with Gasteiger partial charge in [0.1, 0.15) is 24.2 Å². The maximum Gasteiger partial charge on any atom is 0.244 e. The third kappa shape index (κ3) is 5.77. The highest BCUT2D eigenvalue weighted by atomic mass is 16.5. The average Bonchev–Trinajstić information content (AvgIpc) is 3.60. The van der Waals surface area contributed by atoms with E-state index in [9.17, 15) is 4.79 Å². The number of nitrogens with zero attached hydrogens (tertiary/aromatic N) is 2. The van der Waals surface area contributed by atoms with E-state index in [1.165, 1.54) is 64.2 Å². The molecule has 0 radical (unpaired) electrons. The second kappa shape index (κ2) is 12.2. The molecule has 4 nitrogen and oxygen atoms in total. The van der Waals surface area contributed by atoms with E-state index in [1.54, 1.807) is 12.7 Å². The number of carbonyl (C=O) groups excluding carboxylic acids is 1. The van der Waals surface area contributed by atoms with Gasteiger partial charge in [-0.2, -0.15) is 0 Å². The molecule has 0 spiro atoms. The van der Waals surface area contributed by atoms with E-state index < -0.39 is 0 Å². The lowest BCUT2D eigenvalue weighted by molar-refractivity contribution is -0.682. The molecule has 6 rings (SSSR count). The molecular formula is C39H57N2O2+. The summed E-state index contributed by atoms with van der Waals surface area (Å²) in [6.45, 7) is 13.1. The fourth-order valence-corrected chi connectivity index (χ4v) is 10.7. The Kier molecular flexibility index (Phi) is 8.70. The van der Waals surface area contributed by atoms with E-state index in [-0.39, 0.29) is 5.78 Å². The summed E-state index contributed by atoms with van der Waals surface area (Å²) >= 11 is 0. The van der Waals surface area contributed by atoms with Crippen LogP contribution in [0.1, 0.15) is 122 Å². The van der Waals surface area contributed by atoms with Crippen molar-refractivity contribution in [1.29, 1.82) is 0 Å². The molecular weight excluding hydrogens is 528 g/mol. The number of hydrogen-bond acceptors (Lipinski definition) is 2. The topological polar surface area (TPSA) is 35.1 Å². The van der Waals surface area contributed by atoms with Crippen molar-refractivity contribution in [3.05, 3.63) is 60.2 Å². The van der Waals surface area contributed by atoms with Gasteiger partial charge in [-0.25, -0.2) is 9.13 Å². The number of carbonyl (C=O) groups is 1. The molecule has 0 bridgehead atoms. The van der Waals surface area contributed by atoms with Crippen molar-refractivity contribution < 1.29 is 14.1 Å². The quantitative estimate of drug-likeness (QED) is 0.158. The Morgan fingerprint density at radius 2 is 1.81 bits per heavy atom. The molecule has 3 fully saturated rings. The molecule has 0 unspecified atom stereocenters. The molecule has 2 aromatic rings. The first-order valence-electron chi connectivity index (χ1n) is 17.6. The number of Topliss-reactive ketones (excluding diaryl/α,β-unsaturated/α-hetero) is 1. The van der Waals surface area contributed by atoms with Gasteiger partial charge in [-0.1, -0.05) is 65.5 Å². The number of allylic oxidation sites excluding steroid dienone is 2. The highest BCUT2D eigenvalue weighted by Gasteiger charge is 2.59. The lowest BCUT2D eigenvalue weighted by atomic mass is 9.47. The first-order chi connectivity index (χ1) is 20.6. The molecule has 1 aromatic carbocycles. The van der Waals surface area contributed by atoms with Crippen LogP contribution in [0.3, 0.4) is 0 Å². The van der Waals surface area contributed by atoms with Gasteiger partial charge < -0.3 is 4.74 Å². The summed E-state index contributed by atoms with van der Waals surface area (Å²) in [4.78, 5) is 12.9. The number of fused-ring (bicyclic) bond motifs is 5. The lowest BCUT2D eigenvalue weighted by Gasteiger charge is -2.58. The lowest BCUT2D eigenvalue weighted by Crippen LogP contribution is -2.50. The van der Waals surface area contributed by atoms with Crippen LogP contribution < -0.4 is 9.30 Å². The van der Waals surface area contributed by atoms with Crippen LogP contribution in [0.4, 0.5) is 0 Å². The minimum Gasteiger partial charge on any atom is -0.497 e. The fraction of sp³-hybridized carbons (Fsp3) is 0.692. The molecule has 4 heteroatoms. The van der Waals surface area contributed by atoms with Crippen molar-refractivity contribution in [3.63, 3.8) is 0 Å². The van der Waals surface area contributed by atoms with Crippen LogP contribution in [0.15, 0.2) is 54.6 Å². The Balaban J connectivity index is 1.10. The zero-order chi connectivity index (χ0) is 30.4. The van der Waals surface area contributed by atoms with Crippen LogP contribution in [-0.4, -0.2) is 17.5 Å². The number of ether oxygens (including phenoxy) is 1. The third-order valence-electron chi connectivity index (χ3n) is 13.2. The van der Waals surface area contributed by atoms with Crippen LogP contribution in [0.25, 0.3) is 0 Å². The maximum atomic E-state index is 12.9. The van der Waals surface area contributed by atoms with Crippen LogP contribution in [0, 0.1) is 46.3 Å². The van der Waals surface area contributed by atoms with Crippen molar-refractivity contribution in [2.45, 2.75) is 118 Å². The molecule has 0 aliphatic heterocycles. The van der Waals surface area contributed by atoms with Gasteiger partial charge in [0, 0.05) is 12.0 Å². The van der Waals surface area contributed by atoms with E-state index in [2.05, 4.69) is 64.0 Å². The number of hydrogen-bond donors (Lipinski definition) is 0. The summed E-state index contributed by atoms with van der Waals surface area (Å²) in [5.74, 6) is 6.21. The standard InChI is InChI=1S/C39H57N2O2/c1-27(2)8-7-9-28(3)34-16-17-35-33-15-12-30-24-31(18-20-38(30,4)36(33)19-21-39(34,35)5)41-23-22-40(26-41)25-37(42)29-10-13-32(43-6)14-11-29/h10-14,22-23,26-28,31,33-36H,7-9,15-21,24-25H2,1-6H3/q+1/t28-,31-,33+,34-,35+,36+,38+,39-/m1/s1. The molecule has 8 atom stereocenters. The predicted molar refractivity (Wildman–Crippen MR) is 174 cm³/mol. The Bertz CT molecular complexity index is 1310. The Hall–Kier alpha value is -2.36. The Morgan fingerprint density at radius 1 is 1.02 bits per heavy atom. The third-order valence-corrected chi connectivity index (χ3v) is 13.2. The van der Waals surface area contributed by atoms with Gasteiger partial charge in [0.05, 0.1) is 7.11 Å². The van der Waals surface area contributed by atoms with Crippen molar-refractivity contribution in [2.24, 2.45) is 46.3 Å². The summed E-state index contributed by atoms with van der Waals surface area (Å²) in [6, 6.07) is 7.93. The molecule has 0 saturated heterocycles. The normalized spacial score (nSPS) is 34.2. The number of imidazole rings is 1. The van der Waals surface area contributed by atoms with Gasteiger partial charge >= 0.3 is 0 Å². The van der Waals surface area contributed by atoms with Gasteiger partial charge in [0.2, 0.25) is 12.1 Å². The van der Waals surface area contributed by atoms with E-state index in [0.29, 0.717) is 23.4 Å². The van der Waals surface area contributed by atoms with Gasteiger partial charge in [0.15, 0.2) is 6.54 Å². The zero-order valence-corrected chi connectivity index (χ0v) is 27.9. The molecule has 4 aliphatic carbocycles. The molecule has 3 saturated carbocycles. The highest BCUT2D eigenvalue weighted by Crippen LogP contribution is 2.67. The highest BCUT2D eigenvalue weighted by molar-refractivity contribution is 5.95. The smallest absolute Gasteiger partial charge is 0.244 e. The summed E-state index contributed by atoms with van der Waals surface area (Å²) < 4.78 is 9.67. The zero-order valence-electron chi connectivity index (χ0n) is 27.9. The monoisotopic (exact) mass is 585 g/mol. The average molecular weight is 586 g/mol. The number of methoxy groups -OCH3 is 1. The largest absolute Gasteiger partial charge is 0.497 e. The predicted octanol–water partition coefficient (Wildman–Crippen LogP) is 9.25. The van der Waals surface area contributed by atoms with E-state index in [4.69, 9.17) is 4.74 Å². The SMILES string of the molecule is COc1ccc(C(=O)C[n+]2ccn([C@@H]3CC[C@@]4(C)C(=CC[C@H]5[C@@H]6CC[C@H]([C@H](C)CCCC(C)C)[C@@]6(C)CC[C@@H]54)C3)c2)cc1. The van der Waals surface area contributed by atoms with E-state index in [0.717, 1.165) is 53.2 Å². The Morgan fingerprint density at radius 3 is 2.56 bits per heavy atom. The minimum absolute atomic E-state index is 0.131. The summed E-state index contributed by atoms with van der Waals surface area (Å²) in [5, 5.41) is 0. The molecule has 0 amide bonds. The van der Waals surface area contributed by atoms with Crippen molar-refractivity contribution in [3.8, 4) is 5.75 Å². The number of rotatable bonds is 10. The molecule has 0 N–H and O–H groups in total. The number of benzene rings is 1. The Labute approximate surface area is 261 Å². The van der Waals surface area contributed by atoms with Gasteiger partial charge in [0.25, 0.3) is 0 Å². The first-order valence-corrected chi connectivity index (χ1v) is 17.6. The summed E-state index contributed by atoms with van der Waals surface area (Å²) in [7, 11) is 1.65. The molecule has 43 heavy (non-hydrogen) atoms. The van der Waals surface area contributed by atoms with E-state index in [1.807, 2.05) is 28.8 Å². The van der Waals surface area contributed by atoms with Crippen LogP contribution >= 0.6 is 0 Å². The van der Waals surface area contributed by atoms with Gasteiger partial charge in [-0.15, -0.1) is 0 Å². The van der Waals surface area contributed by atoms with Crippen LogP contribution in [0.2, 0.25) is 0 Å². The summed E-state index contributed by atoms with van der Waals surface area (Å²) in [6.07, 6.45) is 24.2. The van der Waals surface area contributed by atoms with Crippen LogP contribution in [-0.2, 0) is 6.54 Å². The second-order valence-corrected chi connectivity index (χ2v) is 15.9. The number of aromatic nitrogens is 2. The van der Waals surface area contributed by atoms with E-state index >= 15 is 0 Å². The van der Waals surface area contributed by atoms with Gasteiger partial charge in [-0.05, 0) is 116 Å².